The molecular formula is C10H15N. The predicted molar refractivity (Wildman–Crippen MR) is 50.8 cm³/mol. The van der Waals surface area contributed by atoms with Gasteiger partial charge in [-0.25, -0.2) is 0 Å². The standard InChI is InChI=1S/C10H15N/c1-5-7-11-8-10(6-2)9(3)4/h6-9H,1H2,2-4H3/b10-6+,11-8?. The Labute approximate surface area is 68.9 Å². The summed E-state index contributed by atoms with van der Waals surface area (Å²) in [4.78, 5) is 3.99. The Morgan fingerprint density at radius 2 is 2.18 bits per heavy atom. The van der Waals surface area contributed by atoms with E-state index in [1.165, 1.54) is 5.57 Å². The summed E-state index contributed by atoms with van der Waals surface area (Å²) in [6, 6.07) is 0. The van der Waals surface area contributed by atoms with Gasteiger partial charge in [-0.3, -0.25) is 4.99 Å². The van der Waals surface area contributed by atoms with E-state index in [0.717, 1.165) is 0 Å². The van der Waals surface area contributed by atoms with Crippen LogP contribution >= 0.6 is 0 Å². The van der Waals surface area contributed by atoms with Crippen LogP contribution in [0.5, 0.6) is 0 Å². The van der Waals surface area contributed by atoms with E-state index in [9.17, 15) is 0 Å². The maximum Gasteiger partial charge on any atom is 0.0680 e. The van der Waals surface area contributed by atoms with Gasteiger partial charge in [-0.05, 0) is 18.4 Å². The van der Waals surface area contributed by atoms with E-state index >= 15 is 0 Å². The van der Waals surface area contributed by atoms with Gasteiger partial charge in [0, 0.05) is 6.21 Å². The molecule has 0 amide bonds. The zero-order valence-electron chi connectivity index (χ0n) is 7.46. The lowest BCUT2D eigenvalue weighted by molar-refractivity contribution is 0.805. The fraction of sp³-hybridized carbons (Fsp3) is 0.400. The molecule has 0 N–H and O–H groups in total. The molecule has 0 unspecified atom stereocenters. The van der Waals surface area contributed by atoms with Crippen LogP contribution in [-0.4, -0.2) is 6.21 Å². The van der Waals surface area contributed by atoms with Crippen molar-refractivity contribution in [3.8, 4) is 0 Å². The third-order valence-electron chi connectivity index (χ3n) is 1.39. The molecular weight excluding hydrogens is 134 g/mol. The van der Waals surface area contributed by atoms with Crippen LogP contribution in [0.3, 0.4) is 0 Å². The summed E-state index contributed by atoms with van der Waals surface area (Å²) >= 11 is 0. The van der Waals surface area contributed by atoms with Crippen molar-refractivity contribution in [3.63, 3.8) is 0 Å². The van der Waals surface area contributed by atoms with Gasteiger partial charge < -0.3 is 0 Å². The molecule has 0 fully saturated rings. The van der Waals surface area contributed by atoms with E-state index < -0.39 is 0 Å². The van der Waals surface area contributed by atoms with Gasteiger partial charge >= 0.3 is 0 Å². The van der Waals surface area contributed by atoms with E-state index in [4.69, 9.17) is 0 Å². The van der Waals surface area contributed by atoms with Crippen LogP contribution in [0.15, 0.2) is 35.2 Å². The number of aliphatic imine (C=N–C) groups is 1. The fourth-order valence-corrected chi connectivity index (χ4v) is 0.733. The molecule has 0 bridgehead atoms. The monoisotopic (exact) mass is 149 g/mol. The third-order valence-corrected chi connectivity index (χ3v) is 1.39. The highest BCUT2D eigenvalue weighted by Gasteiger charge is 1.95. The molecule has 11 heavy (non-hydrogen) atoms. The molecule has 0 atom stereocenters. The summed E-state index contributed by atoms with van der Waals surface area (Å²) in [7, 11) is 0. The second kappa shape index (κ2) is 5.70. The maximum absolute atomic E-state index is 3.99. The van der Waals surface area contributed by atoms with Crippen molar-refractivity contribution in [2.24, 2.45) is 10.9 Å². The smallest absolute Gasteiger partial charge is 0.0680 e. The molecule has 0 aromatic carbocycles. The van der Waals surface area contributed by atoms with Crippen molar-refractivity contribution in [2.45, 2.75) is 20.8 Å². The summed E-state index contributed by atoms with van der Waals surface area (Å²) in [5.74, 6) is 0.530. The average molecular weight is 149 g/mol. The first-order valence-electron chi connectivity index (χ1n) is 3.76. The first-order chi connectivity index (χ1) is 5.22. The topological polar surface area (TPSA) is 12.4 Å². The normalized spacial score (nSPS) is 12.2. The van der Waals surface area contributed by atoms with Gasteiger partial charge in [0.1, 0.15) is 0 Å². The van der Waals surface area contributed by atoms with Crippen LogP contribution in [0, 0.1) is 5.92 Å². The predicted octanol–water partition coefficient (Wildman–Crippen LogP) is 2.96. The summed E-state index contributed by atoms with van der Waals surface area (Å²) in [6.45, 7) is 9.70. The molecule has 0 aromatic rings. The Hall–Kier alpha value is -1.07. The zero-order chi connectivity index (χ0) is 8.69. The van der Waals surface area contributed by atoms with Gasteiger partial charge in [0.15, 0.2) is 0 Å². The summed E-state index contributed by atoms with van der Waals surface area (Å²) in [5.41, 5.74) is 3.82. The molecule has 0 rings (SSSR count). The Balaban J connectivity index is 4.21. The minimum atomic E-state index is 0.530. The second-order valence-corrected chi connectivity index (χ2v) is 2.55. The van der Waals surface area contributed by atoms with Crippen LogP contribution in [0.25, 0.3) is 0 Å². The summed E-state index contributed by atoms with van der Waals surface area (Å²) in [6.07, 6.45) is 5.46. The van der Waals surface area contributed by atoms with Gasteiger partial charge in [-0.2, -0.15) is 0 Å². The lowest BCUT2D eigenvalue weighted by Gasteiger charge is -2.02. The fourth-order valence-electron chi connectivity index (χ4n) is 0.733. The van der Waals surface area contributed by atoms with Crippen LogP contribution in [0.2, 0.25) is 0 Å². The number of rotatable bonds is 3. The lowest BCUT2D eigenvalue weighted by atomic mass is 10.1. The lowest BCUT2D eigenvalue weighted by Crippen LogP contribution is -1.93. The number of hydrogen-bond donors (Lipinski definition) is 0. The summed E-state index contributed by atoms with van der Waals surface area (Å²) < 4.78 is 0. The van der Waals surface area contributed by atoms with E-state index in [1.54, 1.807) is 6.20 Å². The first kappa shape index (κ1) is 9.93. The van der Waals surface area contributed by atoms with Gasteiger partial charge in [0.25, 0.3) is 0 Å². The summed E-state index contributed by atoms with van der Waals surface area (Å²) in [5, 5.41) is 0. The SMILES string of the molecule is C=C=CN=C/C(=C\C)C(C)C. The largest absolute Gasteiger partial charge is 0.256 e. The molecule has 1 nitrogen and oxygen atoms in total. The molecule has 0 aliphatic carbocycles. The third kappa shape index (κ3) is 4.35. The molecule has 0 spiro atoms. The molecule has 0 aliphatic rings. The van der Waals surface area contributed by atoms with Gasteiger partial charge in [0.2, 0.25) is 0 Å². The molecule has 0 saturated carbocycles. The van der Waals surface area contributed by atoms with Crippen LogP contribution in [0.1, 0.15) is 20.8 Å². The number of hydrogen-bond acceptors (Lipinski definition) is 1. The second-order valence-electron chi connectivity index (χ2n) is 2.55. The maximum atomic E-state index is 3.99. The minimum Gasteiger partial charge on any atom is -0.256 e. The number of nitrogens with zero attached hydrogens (tertiary/aromatic N) is 1. The number of allylic oxidation sites excluding steroid dienone is 2. The van der Waals surface area contributed by atoms with Gasteiger partial charge in [-0.15, -0.1) is 5.73 Å². The van der Waals surface area contributed by atoms with Gasteiger partial charge in [-0.1, -0.05) is 26.5 Å². The minimum absolute atomic E-state index is 0.530. The van der Waals surface area contributed by atoms with Crippen molar-refractivity contribution in [1.82, 2.24) is 0 Å². The van der Waals surface area contributed by atoms with Crippen LogP contribution in [0.4, 0.5) is 0 Å². The van der Waals surface area contributed by atoms with E-state index in [1.807, 2.05) is 13.1 Å². The molecule has 0 saturated heterocycles. The Morgan fingerprint density at radius 1 is 1.55 bits per heavy atom. The van der Waals surface area contributed by atoms with Crippen molar-refractivity contribution in [3.05, 3.63) is 30.2 Å². The van der Waals surface area contributed by atoms with E-state index in [-0.39, 0.29) is 0 Å². The highest BCUT2D eigenvalue weighted by molar-refractivity contribution is 5.79. The molecule has 1 heteroatoms. The van der Waals surface area contributed by atoms with Crippen molar-refractivity contribution >= 4 is 6.21 Å². The Bertz CT molecular complexity index is 203. The average Bonchev–Trinajstić information content (AvgIpc) is 1.97. The van der Waals surface area contributed by atoms with E-state index in [2.05, 4.69) is 37.2 Å². The molecule has 0 radical (unpaired) electrons. The van der Waals surface area contributed by atoms with E-state index in [0.29, 0.717) is 5.92 Å². The highest BCUT2D eigenvalue weighted by atomic mass is 14.7. The highest BCUT2D eigenvalue weighted by Crippen LogP contribution is 2.05. The molecule has 60 valence electrons. The van der Waals surface area contributed by atoms with Crippen molar-refractivity contribution in [1.29, 1.82) is 0 Å². The Kier molecular flexibility index (Phi) is 5.14. The molecule has 0 heterocycles. The van der Waals surface area contributed by atoms with Crippen LogP contribution < -0.4 is 0 Å². The van der Waals surface area contributed by atoms with Crippen molar-refractivity contribution < 1.29 is 0 Å². The Morgan fingerprint density at radius 3 is 2.55 bits per heavy atom. The zero-order valence-corrected chi connectivity index (χ0v) is 7.46. The van der Waals surface area contributed by atoms with Crippen LogP contribution in [-0.2, 0) is 0 Å². The van der Waals surface area contributed by atoms with Gasteiger partial charge in [0.05, 0.1) is 6.20 Å². The quantitative estimate of drug-likeness (QED) is 0.432. The van der Waals surface area contributed by atoms with Crippen molar-refractivity contribution in [2.75, 3.05) is 0 Å². The molecule has 0 aromatic heterocycles. The molecule has 0 aliphatic heterocycles. The first-order valence-corrected chi connectivity index (χ1v) is 3.76.